The van der Waals surface area contributed by atoms with Gasteiger partial charge >= 0.3 is 0 Å². The quantitative estimate of drug-likeness (QED) is 0.170. The molecule has 1 nitrogen and oxygen atoms in total. The van der Waals surface area contributed by atoms with E-state index in [9.17, 15) is 0 Å². The molecule has 0 bridgehead atoms. The van der Waals surface area contributed by atoms with Crippen LogP contribution in [0.5, 0.6) is 0 Å². The van der Waals surface area contributed by atoms with Crippen LogP contribution in [0.1, 0.15) is 49.9 Å². The molecule has 1 aromatic heterocycles. The molecule has 0 unspecified atom stereocenters. The highest BCUT2D eigenvalue weighted by Crippen LogP contribution is 2.54. The lowest BCUT2D eigenvalue weighted by molar-refractivity contribution is 0.662. The van der Waals surface area contributed by atoms with Crippen LogP contribution >= 0.6 is 11.3 Å². The molecule has 0 amide bonds. The molecule has 1 heterocycles. The molecule has 2 aliphatic carbocycles. The first kappa shape index (κ1) is 33.1. The minimum atomic E-state index is -0.114. The summed E-state index contributed by atoms with van der Waals surface area (Å²) in [5, 5.41) is 2.58. The second-order valence-corrected chi connectivity index (χ2v) is 17.6. The Labute approximate surface area is 333 Å². The lowest BCUT2D eigenvalue weighted by Gasteiger charge is -2.29. The second kappa shape index (κ2) is 12.1. The van der Waals surface area contributed by atoms with Gasteiger partial charge in [-0.1, -0.05) is 161 Å². The Hall–Kier alpha value is -6.22. The lowest BCUT2D eigenvalue weighted by Crippen LogP contribution is -2.16. The highest BCUT2D eigenvalue weighted by atomic mass is 32.1. The predicted molar refractivity (Wildman–Crippen MR) is 240 cm³/mol. The minimum Gasteiger partial charge on any atom is -0.310 e. The van der Waals surface area contributed by atoms with Crippen molar-refractivity contribution in [1.82, 2.24) is 0 Å². The average Bonchev–Trinajstić information content (AvgIpc) is 3.82. The Balaban J connectivity index is 1.13. The molecule has 0 N–H and O–H groups in total. The monoisotopic (exact) mass is 735 g/mol. The summed E-state index contributed by atoms with van der Waals surface area (Å²) in [6.45, 7) is 9.52. The molecule has 8 aromatic carbocycles. The van der Waals surface area contributed by atoms with E-state index in [-0.39, 0.29) is 10.8 Å². The SMILES string of the molecule is CC1(C)c2ccccc2-c2cccc(-c3cccc(N(c4cccc(-c5cccc6c5C(C)(C)c5ccccc5-6)c4)c4cccc5sc6ccccc6c45)c3)c21. The topological polar surface area (TPSA) is 3.24 Å². The number of anilines is 3. The number of fused-ring (bicyclic) bond motifs is 9. The van der Waals surface area contributed by atoms with Crippen LogP contribution in [-0.4, -0.2) is 0 Å². The second-order valence-electron chi connectivity index (χ2n) is 16.5. The number of benzene rings is 8. The third-order valence-electron chi connectivity index (χ3n) is 12.6. The molecule has 0 spiro atoms. The zero-order valence-corrected chi connectivity index (χ0v) is 32.9. The van der Waals surface area contributed by atoms with Crippen LogP contribution in [-0.2, 0) is 10.8 Å². The van der Waals surface area contributed by atoms with Crippen LogP contribution < -0.4 is 4.90 Å². The Morgan fingerprint density at radius 2 is 0.839 bits per heavy atom. The molecule has 0 atom stereocenters. The van der Waals surface area contributed by atoms with E-state index in [0.29, 0.717) is 0 Å². The van der Waals surface area contributed by atoms with Crippen LogP contribution in [0.15, 0.2) is 176 Å². The zero-order chi connectivity index (χ0) is 37.8. The van der Waals surface area contributed by atoms with Crippen LogP contribution in [0.3, 0.4) is 0 Å². The summed E-state index contributed by atoms with van der Waals surface area (Å²) in [5.74, 6) is 0. The predicted octanol–water partition coefficient (Wildman–Crippen LogP) is 15.5. The van der Waals surface area contributed by atoms with Gasteiger partial charge < -0.3 is 4.90 Å². The van der Waals surface area contributed by atoms with Crippen molar-refractivity contribution in [2.45, 2.75) is 38.5 Å². The third-order valence-corrected chi connectivity index (χ3v) is 13.7. The molecule has 0 fully saturated rings. The molecule has 11 rings (SSSR count). The fraction of sp³-hybridized carbons (Fsp3) is 0.111. The van der Waals surface area contributed by atoms with Gasteiger partial charge in [-0.25, -0.2) is 0 Å². The standard InChI is InChI=1S/C54H41NS/c1-53(2)45-27-8-5-20-40(45)42-25-13-23-38(51(42)53)34-16-11-18-36(32-34)55(47-29-15-31-49-50(47)44-22-7-10-30-48(44)56-49)37-19-12-17-35(33-37)39-24-14-26-43-41-21-6-9-28-46(41)54(3,4)52(39)43/h5-33H,1-4H3. The van der Waals surface area contributed by atoms with E-state index < -0.39 is 0 Å². The summed E-state index contributed by atoms with van der Waals surface area (Å²) in [6, 6.07) is 65.7. The molecular weight excluding hydrogens is 695 g/mol. The van der Waals surface area contributed by atoms with Crippen LogP contribution in [0, 0.1) is 0 Å². The maximum absolute atomic E-state index is 2.50. The molecule has 9 aromatic rings. The molecule has 268 valence electrons. The van der Waals surface area contributed by atoms with Crippen LogP contribution in [0.2, 0.25) is 0 Å². The number of hydrogen-bond donors (Lipinski definition) is 0. The largest absolute Gasteiger partial charge is 0.310 e. The number of thiophene rings is 1. The Morgan fingerprint density at radius 1 is 0.393 bits per heavy atom. The fourth-order valence-electron chi connectivity index (χ4n) is 10.2. The summed E-state index contributed by atoms with van der Waals surface area (Å²) in [5.41, 5.74) is 19.2. The van der Waals surface area contributed by atoms with Gasteiger partial charge in [0.1, 0.15) is 0 Å². The van der Waals surface area contributed by atoms with Crippen molar-refractivity contribution in [3.05, 3.63) is 198 Å². The lowest BCUT2D eigenvalue weighted by atomic mass is 9.79. The van der Waals surface area contributed by atoms with E-state index in [0.717, 1.165) is 11.4 Å². The van der Waals surface area contributed by atoms with Gasteiger partial charge in [-0.3, -0.25) is 0 Å². The van der Waals surface area contributed by atoms with Crippen molar-refractivity contribution in [2.24, 2.45) is 0 Å². The highest BCUT2D eigenvalue weighted by molar-refractivity contribution is 7.26. The smallest absolute Gasteiger partial charge is 0.0554 e. The van der Waals surface area contributed by atoms with Crippen LogP contribution in [0.4, 0.5) is 17.1 Å². The van der Waals surface area contributed by atoms with Gasteiger partial charge in [-0.05, 0) is 109 Å². The molecule has 0 saturated heterocycles. The Bertz CT molecular complexity index is 2900. The number of nitrogens with zero attached hydrogens (tertiary/aromatic N) is 1. The average molecular weight is 736 g/mol. The Morgan fingerprint density at radius 3 is 1.43 bits per heavy atom. The van der Waals surface area contributed by atoms with E-state index in [1.54, 1.807) is 0 Å². The van der Waals surface area contributed by atoms with Crippen molar-refractivity contribution >= 4 is 48.6 Å². The molecular formula is C54H41NS. The minimum absolute atomic E-state index is 0.114. The molecule has 0 radical (unpaired) electrons. The summed E-state index contributed by atoms with van der Waals surface area (Å²) in [6.07, 6.45) is 0. The van der Waals surface area contributed by atoms with Gasteiger partial charge in [-0.2, -0.15) is 0 Å². The first-order chi connectivity index (χ1) is 27.3. The van der Waals surface area contributed by atoms with E-state index in [2.05, 4.69) is 209 Å². The molecule has 2 aliphatic rings. The maximum atomic E-state index is 2.50. The third kappa shape index (κ3) is 4.72. The molecule has 0 aliphatic heterocycles. The number of rotatable bonds is 5. The van der Waals surface area contributed by atoms with Gasteiger partial charge in [0.05, 0.1) is 5.69 Å². The van der Waals surface area contributed by atoms with E-state index in [1.807, 2.05) is 11.3 Å². The first-order valence-corrected chi connectivity index (χ1v) is 20.5. The van der Waals surface area contributed by atoms with Gasteiger partial charge in [0.15, 0.2) is 0 Å². The molecule has 2 heteroatoms. The zero-order valence-electron chi connectivity index (χ0n) is 32.1. The van der Waals surface area contributed by atoms with E-state index in [4.69, 9.17) is 0 Å². The Kier molecular flexibility index (Phi) is 7.18. The maximum Gasteiger partial charge on any atom is 0.0554 e. The molecule has 56 heavy (non-hydrogen) atoms. The van der Waals surface area contributed by atoms with Crippen LogP contribution in [0.25, 0.3) is 64.7 Å². The first-order valence-electron chi connectivity index (χ1n) is 19.7. The van der Waals surface area contributed by atoms with Gasteiger partial charge in [0, 0.05) is 42.4 Å². The van der Waals surface area contributed by atoms with Crippen molar-refractivity contribution < 1.29 is 0 Å². The van der Waals surface area contributed by atoms with Crippen molar-refractivity contribution in [1.29, 1.82) is 0 Å². The summed E-state index contributed by atoms with van der Waals surface area (Å²) in [7, 11) is 0. The fourth-order valence-corrected chi connectivity index (χ4v) is 11.3. The van der Waals surface area contributed by atoms with Crippen molar-refractivity contribution in [3.63, 3.8) is 0 Å². The summed E-state index contributed by atoms with van der Waals surface area (Å²) >= 11 is 1.87. The van der Waals surface area contributed by atoms with Gasteiger partial charge in [0.2, 0.25) is 0 Å². The van der Waals surface area contributed by atoms with E-state index in [1.165, 1.54) is 92.6 Å². The van der Waals surface area contributed by atoms with Crippen molar-refractivity contribution in [3.8, 4) is 44.5 Å². The summed E-state index contributed by atoms with van der Waals surface area (Å²) < 4.78 is 2.60. The van der Waals surface area contributed by atoms with Crippen molar-refractivity contribution in [2.75, 3.05) is 4.90 Å². The highest BCUT2D eigenvalue weighted by Gasteiger charge is 2.38. The van der Waals surface area contributed by atoms with Gasteiger partial charge in [-0.15, -0.1) is 11.3 Å². The summed E-state index contributed by atoms with van der Waals surface area (Å²) in [4.78, 5) is 2.50. The normalized spacial score (nSPS) is 14.4. The molecule has 0 saturated carbocycles. The van der Waals surface area contributed by atoms with E-state index >= 15 is 0 Å². The van der Waals surface area contributed by atoms with Gasteiger partial charge in [0.25, 0.3) is 0 Å². The number of hydrogen-bond acceptors (Lipinski definition) is 2.